The highest BCUT2D eigenvalue weighted by Crippen LogP contribution is 2.16. The van der Waals surface area contributed by atoms with Gasteiger partial charge in [0.25, 0.3) is 5.56 Å². The summed E-state index contributed by atoms with van der Waals surface area (Å²) in [4.78, 5) is 21.1. The molecular formula is C12H19N3O. The molecule has 16 heavy (non-hydrogen) atoms. The predicted octanol–water partition coefficient (Wildman–Crippen LogP) is 1.88. The maximum Gasteiger partial charge on any atom is 0.252 e. The molecule has 1 saturated heterocycles. The maximum absolute atomic E-state index is 11.5. The first kappa shape index (κ1) is 11.2. The number of aromatic amines is 1. The molecule has 0 saturated carbocycles. The number of nitrogens with zero attached hydrogens (tertiary/aromatic N) is 2. The van der Waals surface area contributed by atoms with Gasteiger partial charge in [-0.2, -0.15) is 0 Å². The monoisotopic (exact) mass is 221 g/mol. The fourth-order valence-electron chi connectivity index (χ4n) is 2.01. The molecule has 1 aromatic heterocycles. The third kappa shape index (κ3) is 2.43. The van der Waals surface area contributed by atoms with Gasteiger partial charge in [0.1, 0.15) is 0 Å². The highest BCUT2D eigenvalue weighted by Gasteiger charge is 2.14. The first-order chi connectivity index (χ1) is 7.66. The second-order valence-electron chi connectivity index (χ2n) is 4.70. The largest absolute Gasteiger partial charge is 0.342 e. The van der Waals surface area contributed by atoms with Gasteiger partial charge in [0.2, 0.25) is 5.95 Å². The van der Waals surface area contributed by atoms with E-state index in [4.69, 9.17) is 0 Å². The van der Waals surface area contributed by atoms with Crippen molar-refractivity contribution in [2.45, 2.75) is 39.0 Å². The molecule has 1 fully saturated rings. The SMILES string of the molecule is CC(C)c1cc(=O)[nH]c(N2CCCCC2)n1. The van der Waals surface area contributed by atoms with Gasteiger partial charge in [-0.3, -0.25) is 9.78 Å². The van der Waals surface area contributed by atoms with Crippen LogP contribution in [0.1, 0.15) is 44.7 Å². The van der Waals surface area contributed by atoms with Crippen LogP contribution in [0.5, 0.6) is 0 Å². The predicted molar refractivity (Wildman–Crippen MR) is 65.0 cm³/mol. The molecule has 0 atom stereocenters. The summed E-state index contributed by atoms with van der Waals surface area (Å²) in [5.41, 5.74) is 0.837. The van der Waals surface area contributed by atoms with Gasteiger partial charge in [0.05, 0.1) is 5.69 Å². The van der Waals surface area contributed by atoms with Crippen molar-refractivity contribution in [3.05, 3.63) is 22.1 Å². The molecule has 0 aromatic carbocycles. The lowest BCUT2D eigenvalue weighted by molar-refractivity contribution is 0.565. The minimum Gasteiger partial charge on any atom is -0.342 e. The van der Waals surface area contributed by atoms with Crippen molar-refractivity contribution in [1.29, 1.82) is 0 Å². The zero-order valence-electron chi connectivity index (χ0n) is 9.99. The Morgan fingerprint density at radius 3 is 2.62 bits per heavy atom. The van der Waals surface area contributed by atoms with E-state index in [1.54, 1.807) is 6.07 Å². The third-order valence-electron chi connectivity index (χ3n) is 3.00. The van der Waals surface area contributed by atoms with Crippen molar-refractivity contribution in [2.24, 2.45) is 0 Å². The highest BCUT2D eigenvalue weighted by atomic mass is 16.1. The van der Waals surface area contributed by atoms with E-state index >= 15 is 0 Å². The van der Waals surface area contributed by atoms with E-state index in [0.717, 1.165) is 24.7 Å². The van der Waals surface area contributed by atoms with Crippen LogP contribution in [0.3, 0.4) is 0 Å². The molecule has 0 aliphatic carbocycles. The molecule has 2 rings (SSSR count). The Morgan fingerprint density at radius 1 is 1.31 bits per heavy atom. The molecule has 0 amide bonds. The summed E-state index contributed by atoms with van der Waals surface area (Å²) in [6.07, 6.45) is 3.66. The Bertz CT molecular complexity index is 405. The third-order valence-corrected chi connectivity index (χ3v) is 3.00. The topological polar surface area (TPSA) is 49.0 Å². The van der Waals surface area contributed by atoms with E-state index in [0.29, 0.717) is 5.92 Å². The van der Waals surface area contributed by atoms with Crippen LogP contribution in [0, 0.1) is 0 Å². The van der Waals surface area contributed by atoms with Gasteiger partial charge in [0, 0.05) is 19.2 Å². The van der Waals surface area contributed by atoms with Gasteiger partial charge in [-0.05, 0) is 25.2 Å². The van der Waals surface area contributed by atoms with E-state index in [9.17, 15) is 4.79 Å². The van der Waals surface area contributed by atoms with E-state index in [1.807, 2.05) is 0 Å². The molecule has 88 valence electrons. The van der Waals surface area contributed by atoms with E-state index in [1.165, 1.54) is 19.3 Å². The molecule has 4 heteroatoms. The molecule has 1 aliphatic rings. The second-order valence-corrected chi connectivity index (χ2v) is 4.70. The molecule has 0 spiro atoms. The van der Waals surface area contributed by atoms with Crippen molar-refractivity contribution in [3.8, 4) is 0 Å². The van der Waals surface area contributed by atoms with Gasteiger partial charge in [-0.1, -0.05) is 13.8 Å². The van der Waals surface area contributed by atoms with Crippen LogP contribution in [0.2, 0.25) is 0 Å². The zero-order valence-corrected chi connectivity index (χ0v) is 9.99. The fraction of sp³-hybridized carbons (Fsp3) is 0.667. The lowest BCUT2D eigenvalue weighted by Gasteiger charge is -2.27. The van der Waals surface area contributed by atoms with Crippen molar-refractivity contribution in [1.82, 2.24) is 9.97 Å². The lowest BCUT2D eigenvalue weighted by Crippen LogP contribution is -2.32. The summed E-state index contributed by atoms with van der Waals surface area (Å²) < 4.78 is 0. The number of aromatic nitrogens is 2. The Morgan fingerprint density at radius 2 is 2.00 bits per heavy atom. The minimum atomic E-state index is -0.0423. The quantitative estimate of drug-likeness (QED) is 0.829. The normalized spacial score (nSPS) is 16.8. The van der Waals surface area contributed by atoms with Crippen molar-refractivity contribution in [2.75, 3.05) is 18.0 Å². The van der Waals surface area contributed by atoms with Crippen LogP contribution in [-0.2, 0) is 0 Å². The zero-order chi connectivity index (χ0) is 11.5. The standard InChI is InChI=1S/C12H19N3O/c1-9(2)10-8-11(16)14-12(13-10)15-6-4-3-5-7-15/h8-9H,3-7H2,1-2H3,(H,13,14,16). The molecule has 4 nitrogen and oxygen atoms in total. The smallest absolute Gasteiger partial charge is 0.252 e. The molecule has 0 bridgehead atoms. The number of nitrogens with one attached hydrogen (secondary N) is 1. The summed E-state index contributed by atoms with van der Waals surface area (Å²) in [5, 5.41) is 0. The number of hydrogen-bond donors (Lipinski definition) is 1. The van der Waals surface area contributed by atoms with Crippen LogP contribution in [0.25, 0.3) is 0 Å². The second kappa shape index (κ2) is 4.68. The van der Waals surface area contributed by atoms with Gasteiger partial charge >= 0.3 is 0 Å². The van der Waals surface area contributed by atoms with Crippen LogP contribution >= 0.6 is 0 Å². The molecular weight excluding hydrogens is 202 g/mol. The first-order valence-corrected chi connectivity index (χ1v) is 6.03. The number of hydrogen-bond acceptors (Lipinski definition) is 3. The summed E-state index contributed by atoms with van der Waals surface area (Å²) >= 11 is 0. The van der Waals surface area contributed by atoms with E-state index in [-0.39, 0.29) is 5.56 Å². The molecule has 0 radical (unpaired) electrons. The summed E-state index contributed by atoms with van der Waals surface area (Å²) in [6, 6.07) is 1.60. The van der Waals surface area contributed by atoms with Gasteiger partial charge in [0.15, 0.2) is 0 Å². The van der Waals surface area contributed by atoms with Gasteiger partial charge in [-0.15, -0.1) is 0 Å². The van der Waals surface area contributed by atoms with Crippen molar-refractivity contribution in [3.63, 3.8) is 0 Å². The number of rotatable bonds is 2. The summed E-state index contributed by atoms with van der Waals surface area (Å²) in [6.45, 7) is 6.12. The van der Waals surface area contributed by atoms with E-state index in [2.05, 4.69) is 28.7 Å². The van der Waals surface area contributed by atoms with Crippen LogP contribution in [-0.4, -0.2) is 23.1 Å². The van der Waals surface area contributed by atoms with Crippen molar-refractivity contribution < 1.29 is 0 Å². The average molecular weight is 221 g/mol. The summed E-state index contributed by atoms with van der Waals surface area (Å²) in [7, 11) is 0. The van der Waals surface area contributed by atoms with E-state index < -0.39 is 0 Å². The Balaban J connectivity index is 2.29. The average Bonchev–Trinajstić information content (AvgIpc) is 2.29. The Kier molecular flexibility index (Phi) is 3.27. The van der Waals surface area contributed by atoms with Gasteiger partial charge in [-0.25, -0.2) is 4.98 Å². The van der Waals surface area contributed by atoms with Crippen LogP contribution < -0.4 is 10.5 Å². The van der Waals surface area contributed by atoms with Crippen molar-refractivity contribution >= 4 is 5.95 Å². The lowest BCUT2D eigenvalue weighted by atomic mass is 10.1. The molecule has 1 aromatic rings. The molecule has 2 heterocycles. The molecule has 1 N–H and O–H groups in total. The van der Waals surface area contributed by atoms with Gasteiger partial charge < -0.3 is 4.90 Å². The summed E-state index contributed by atoms with van der Waals surface area (Å²) in [5.74, 6) is 1.04. The van der Waals surface area contributed by atoms with Crippen LogP contribution in [0.15, 0.2) is 10.9 Å². The molecule has 0 unspecified atom stereocenters. The maximum atomic E-state index is 11.5. The first-order valence-electron chi connectivity index (χ1n) is 6.03. The Labute approximate surface area is 95.7 Å². The Hall–Kier alpha value is -1.32. The van der Waals surface area contributed by atoms with Crippen LogP contribution in [0.4, 0.5) is 5.95 Å². The number of H-pyrrole nitrogens is 1. The number of piperidine rings is 1. The molecule has 1 aliphatic heterocycles. The number of anilines is 1. The highest BCUT2D eigenvalue weighted by molar-refractivity contribution is 5.31. The fourth-order valence-corrected chi connectivity index (χ4v) is 2.01. The minimum absolute atomic E-state index is 0.0423.